The fraction of sp³-hybridized carbons (Fsp3) is 0.300. The summed E-state index contributed by atoms with van der Waals surface area (Å²) in [4.78, 5) is 13.0. The normalized spacial score (nSPS) is 20.6. The van der Waals surface area contributed by atoms with Crippen LogP contribution in [0.3, 0.4) is 0 Å². The van der Waals surface area contributed by atoms with E-state index in [1.54, 1.807) is 0 Å². The molecule has 6 heteroatoms. The third-order valence-corrected chi connectivity index (χ3v) is 3.32. The van der Waals surface area contributed by atoms with Gasteiger partial charge in [0.25, 0.3) is 0 Å². The molecule has 1 aliphatic rings. The number of benzene rings is 1. The maximum Gasteiger partial charge on any atom is 0.228 e. The average molecular weight is 280 g/mol. The Hall–Kier alpha value is -0.450. The van der Waals surface area contributed by atoms with Crippen LogP contribution in [-0.4, -0.2) is 17.7 Å². The van der Waals surface area contributed by atoms with Gasteiger partial charge in [-0.15, -0.1) is 0 Å². The maximum absolute atomic E-state index is 13.3. The number of halogens is 3. The van der Waals surface area contributed by atoms with Crippen molar-refractivity contribution in [3.05, 3.63) is 28.0 Å². The molecule has 0 N–H and O–H groups in total. The summed E-state index contributed by atoms with van der Waals surface area (Å²) in [6.45, 7) is 0.433. The number of thiol groups is 1. The lowest BCUT2D eigenvalue weighted by Crippen LogP contribution is -2.25. The van der Waals surface area contributed by atoms with Crippen LogP contribution in [0.2, 0.25) is 10.0 Å². The van der Waals surface area contributed by atoms with Crippen LogP contribution < -0.4 is 4.90 Å². The molecule has 16 heavy (non-hydrogen) atoms. The van der Waals surface area contributed by atoms with E-state index < -0.39 is 5.82 Å². The zero-order valence-corrected chi connectivity index (χ0v) is 10.5. The van der Waals surface area contributed by atoms with Crippen molar-refractivity contribution < 1.29 is 9.18 Å². The van der Waals surface area contributed by atoms with Gasteiger partial charge in [0.1, 0.15) is 5.82 Å². The Morgan fingerprint density at radius 3 is 2.62 bits per heavy atom. The molecule has 86 valence electrons. The van der Waals surface area contributed by atoms with E-state index in [9.17, 15) is 9.18 Å². The largest absolute Gasteiger partial charge is 0.310 e. The molecule has 1 atom stereocenters. The number of hydrogen-bond donors (Lipinski definition) is 1. The predicted molar refractivity (Wildman–Crippen MR) is 66.2 cm³/mol. The number of rotatable bonds is 1. The van der Waals surface area contributed by atoms with E-state index in [2.05, 4.69) is 12.6 Å². The molecule has 1 aromatic carbocycles. The Morgan fingerprint density at radius 2 is 2.06 bits per heavy atom. The maximum atomic E-state index is 13.3. The Bertz CT molecular complexity index is 455. The summed E-state index contributed by atoms with van der Waals surface area (Å²) in [6, 6.07) is 2.47. The molecule has 2 nitrogen and oxygen atoms in total. The molecule has 1 fully saturated rings. The van der Waals surface area contributed by atoms with Gasteiger partial charge in [0.15, 0.2) is 0 Å². The summed E-state index contributed by atoms with van der Waals surface area (Å²) in [5, 5.41) is 0.173. The van der Waals surface area contributed by atoms with Gasteiger partial charge in [0.2, 0.25) is 5.91 Å². The highest BCUT2D eigenvalue weighted by Gasteiger charge is 2.30. The van der Waals surface area contributed by atoms with Crippen LogP contribution in [0.4, 0.5) is 10.1 Å². The molecule has 0 radical (unpaired) electrons. The van der Waals surface area contributed by atoms with Crippen molar-refractivity contribution in [3.63, 3.8) is 0 Å². The Kier molecular flexibility index (Phi) is 3.33. The molecule has 1 aromatic rings. The van der Waals surface area contributed by atoms with Gasteiger partial charge in [-0.3, -0.25) is 4.79 Å². The topological polar surface area (TPSA) is 20.3 Å². The van der Waals surface area contributed by atoms with Crippen LogP contribution in [0.15, 0.2) is 12.1 Å². The monoisotopic (exact) mass is 279 g/mol. The number of hydrogen-bond acceptors (Lipinski definition) is 2. The molecule has 1 unspecified atom stereocenters. The van der Waals surface area contributed by atoms with E-state index in [1.807, 2.05) is 0 Å². The molecular formula is C10H8Cl2FNOS. The number of nitrogens with zero attached hydrogens (tertiary/aromatic N) is 1. The Balaban J connectivity index is 2.41. The summed E-state index contributed by atoms with van der Waals surface area (Å²) in [7, 11) is 0. The third-order valence-electron chi connectivity index (χ3n) is 2.39. The molecule has 1 saturated heterocycles. The second-order valence-corrected chi connectivity index (χ2v) is 5.12. The van der Waals surface area contributed by atoms with E-state index in [4.69, 9.17) is 23.2 Å². The van der Waals surface area contributed by atoms with Crippen LogP contribution in [-0.2, 0) is 4.79 Å². The SMILES string of the molecule is O=C1CC(S)CN1c1cc(F)c(Cl)cc1Cl. The first-order valence-electron chi connectivity index (χ1n) is 4.62. The Labute approximate surface area is 108 Å². The van der Waals surface area contributed by atoms with Gasteiger partial charge >= 0.3 is 0 Å². The first kappa shape index (κ1) is 12.0. The zero-order chi connectivity index (χ0) is 11.9. The highest BCUT2D eigenvalue weighted by Crippen LogP contribution is 2.34. The molecular weight excluding hydrogens is 272 g/mol. The highest BCUT2D eigenvalue weighted by molar-refractivity contribution is 7.81. The van der Waals surface area contributed by atoms with Gasteiger partial charge in [-0.1, -0.05) is 23.2 Å². The smallest absolute Gasteiger partial charge is 0.228 e. The van der Waals surface area contributed by atoms with Gasteiger partial charge in [-0.25, -0.2) is 4.39 Å². The molecule has 0 spiro atoms. The average Bonchev–Trinajstić information content (AvgIpc) is 2.51. The van der Waals surface area contributed by atoms with E-state index in [-0.39, 0.29) is 21.2 Å². The lowest BCUT2D eigenvalue weighted by Gasteiger charge is -2.17. The van der Waals surface area contributed by atoms with Crippen LogP contribution in [0.25, 0.3) is 0 Å². The van der Waals surface area contributed by atoms with Crippen molar-refractivity contribution in [2.75, 3.05) is 11.4 Å². The standard InChI is InChI=1S/C10H8Cl2FNOS/c11-6-2-7(12)9(3-8(6)13)14-4-5(16)1-10(14)15/h2-3,5,16H,1,4H2. The Morgan fingerprint density at radius 1 is 1.38 bits per heavy atom. The van der Waals surface area contributed by atoms with Gasteiger partial charge < -0.3 is 4.90 Å². The molecule has 1 amide bonds. The van der Waals surface area contributed by atoms with Crippen LogP contribution in [0.5, 0.6) is 0 Å². The lowest BCUT2D eigenvalue weighted by molar-refractivity contribution is -0.117. The van der Waals surface area contributed by atoms with E-state index >= 15 is 0 Å². The molecule has 0 aliphatic carbocycles. The molecule has 1 aliphatic heterocycles. The summed E-state index contributed by atoms with van der Waals surface area (Å²) >= 11 is 15.7. The van der Waals surface area contributed by atoms with Crippen molar-refractivity contribution in [3.8, 4) is 0 Å². The van der Waals surface area contributed by atoms with Crippen molar-refractivity contribution in [1.82, 2.24) is 0 Å². The number of anilines is 1. The van der Waals surface area contributed by atoms with E-state index in [1.165, 1.54) is 17.0 Å². The van der Waals surface area contributed by atoms with Gasteiger partial charge in [-0.2, -0.15) is 12.6 Å². The van der Waals surface area contributed by atoms with Crippen molar-refractivity contribution in [2.45, 2.75) is 11.7 Å². The predicted octanol–water partition coefficient (Wildman–Crippen LogP) is 3.17. The molecule has 1 heterocycles. The summed E-state index contributed by atoms with van der Waals surface area (Å²) in [5.41, 5.74) is 0.352. The second kappa shape index (κ2) is 4.43. The summed E-state index contributed by atoms with van der Waals surface area (Å²) < 4.78 is 13.3. The molecule has 0 saturated carbocycles. The second-order valence-electron chi connectivity index (χ2n) is 3.58. The van der Waals surface area contributed by atoms with Gasteiger partial charge in [0.05, 0.1) is 15.7 Å². The van der Waals surface area contributed by atoms with Crippen LogP contribution >= 0.6 is 35.8 Å². The number of carbonyl (C=O) groups is 1. The first-order chi connectivity index (χ1) is 7.49. The fourth-order valence-electron chi connectivity index (χ4n) is 1.64. The fourth-order valence-corrected chi connectivity index (χ4v) is 2.45. The minimum atomic E-state index is -0.587. The third kappa shape index (κ3) is 2.14. The van der Waals surface area contributed by atoms with E-state index in [0.717, 1.165) is 0 Å². The summed E-state index contributed by atoms with van der Waals surface area (Å²) in [5.74, 6) is -0.694. The molecule has 0 aromatic heterocycles. The molecule has 0 bridgehead atoms. The van der Waals surface area contributed by atoms with Gasteiger partial charge in [0, 0.05) is 24.3 Å². The van der Waals surface area contributed by atoms with Crippen LogP contribution in [0, 0.1) is 5.82 Å². The minimum Gasteiger partial charge on any atom is -0.310 e. The van der Waals surface area contributed by atoms with Crippen molar-refractivity contribution >= 4 is 47.4 Å². The number of amides is 1. The van der Waals surface area contributed by atoms with Crippen molar-refractivity contribution in [1.29, 1.82) is 0 Å². The quantitative estimate of drug-likeness (QED) is 0.619. The number of carbonyl (C=O) groups excluding carboxylic acids is 1. The molecule has 2 rings (SSSR count). The van der Waals surface area contributed by atoms with Crippen LogP contribution in [0.1, 0.15) is 6.42 Å². The minimum absolute atomic E-state index is 0.0395. The van der Waals surface area contributed by atoms with E-state index in [0.29, 0.717) is 18.7 Å². The lowest BCUT2D eigenvalue weighted by atomic mass is 10.3. The zero-order valence-electron chi connectivity index (χ0n) is 8.08. The highest BCUT2D eigenvalue weighted by atomic mass is 35.5. The summed E-state index contributed by atoms with van der Waals surface area (Å²) in [6.07, 6.45) is 0.337. The first-order valence-corrected chi connectivity index (χ1v) is 5.89. The van der Waals surface area contributed by atoms with Crippen molar-refractivity contribution in [2.24, 2.45) is 0 Å². The van der Waals surface area contributed by atoms with Gasteiger partial charge in [-0.05, 0) is 6.07 Å².